The molecule has 4 rings (SSSR count). The van der Waals surface area contributed by atoms with Crippen LogP contribution >= 0.6 is 0 Å². The third-order valence-electron chi connectivity index (χ3n) is 5.88. The lowest BCUT2D eigenvalue weighted by atomic mass is 9.52. The predicted molar refractivity (Wildman–Crippen MR) is 75.2 cm³/mol. The molecule has 2 nitrogen and oxygen atoms in total. The van der Waals surface area contributed by atoms with Gasteiger partial charge in [-0.1, -0.05) is 24.3 Å². The smallest absolute Gasteiger partial charge is 0.133 e. The van der Waals surface area contributed by atoms with Crippen molar-refractivity contribution in [3.63, 3.8) is 0 Å². The number of hydrogen-bond acceptors (Lipinski definition) is 2. The first-order chi connectivity index (χ1) is 9.21. The van der Waals surface area contributed by atoms with E-state index in [-0.39, 0.29) is 5.41 Å². The molecular formula is C17H21NO. The van der Waals surface area contributed by atoms with Gasteiger partial charge in [0, 0.05) is 24.3 Å². The van der Waals surface area contributed by atoms with E-state index in [0.717, 1.165) is 32.2 Å². The van der Waals surface area contributed by atoms with E-state index in [4.69, 9.17) is 0 Å². The highest BCUT2D eigenvalue weighted by atomic mass is 16.1. The van der Waals surface area contributed by atoms with Gasteiger partial charge in [-0.15, -0.1) is 0 Å². The van der Waals surface area contributed by atoms with E-state index < -0.39 is 0 Å². The molecule has 1 saturated carbocycles. The molecule has 2 bridgehead atoms. The number of nitrogens with zero attached hydrogens (tertiary/aromatic N) is 1. The number of carbonyl (C=O) groups excluding carboxylic acids is 1. The van der Waals surface area contributed by atoms with E-state index in [0.29, 0.717) is 17.7 Å². The fourth-order valence-corrected chi connectivity index (χ4v) is 4.98. The van der Waals surface area contributed by atoms with Crippen LogP contribution in [0.1, 0.15) is 36.8 Å². The summed E-state index contributed by atoms with van der Waals surface area (Å²) in [6.07, 6.45) is 5.03. The monoisotopic (exact) mass is 255 g/mol. The van der Waals surface area contributed by atoms with Gasteiger partial charge in [0.15, 0.2) is 0 Å². The molecule has 0 radical (unpaired) electrons. The van der Waals surface area contributed by atoms with Crippen LogP contribution in [0.4, 0.5) is 0 Å². The van der Waals surface area contributed by atoms with Crippen molar-refractivity contribution in [2.75, 3.05) is 13.6 Å². The molecule has 1 aliphatic heterocycles. The lowest BCUT2D eigenvalue weighted by molar-refractivity contribution is -0.126. The normalized spacial score (nSPS) is 37.6. The molecule has 2 fully saturated rings. The highest BCUT2D eigenvalue weighted by molar-refractivity contribution is 5.81. The Hall–Kier alpha value is -1.15. The molecule has 0 N–H and O–H groups in total. The molecule has 100 valence electrons. The average molecular weight is 255 g/mol. The minimum Gasteiger partial charge on any atom is -0.303 e. The van der Waals surface area contributed by atoms with Gasteiger partial charge in [0.2, 0.25) is 0 Å². The van der Waals surface area contributed by atoms with Crippen molar-refractivity contribution in [1.29, 1.82) is 0 Å². The molecule has 3 atom stereocenters. The van der Waals surface area contributed by atoms with Crippen molar-refractivity contribution in [3.05, 3.63) is 35.4 Å². The van der Waals surface area contributed by atoms with Crippen molar-refractivity contribution in [2.24, 2.45) is 5.92 Å². The zero-order valence-corrected chi connectivity index (χ0v) is 11.6. The number of carbonyl (C=O) groups is 1. The first kappa shape index (κ1) is 11.7. The highest BCUT2D eigenvalue weighted by Crippen LogP contribution is 2.54. The molecule has 0 aromatic heterocycles. The quantitative estimate of drug-likeness (QED) is 0.710. The van der Waals surface area contributed by atoms with Gasteiger partial charge in [0.25, 0.3) is 0 Å². The Morgan fingerprint density at radius 3 is 3.05 bits per heavy atom. The van der Waals surface area contributed by atoms with Crippen LogP contribution < -0.4 is 0 Å². The summed E-state index contributed by atoms with van der Waals surface area (Å²) in [5, 5.41) is 0. The van der Waals surface area contributed by atoms with Crippen molar-refractivity contribution in [1.82, 2.24) is 4.90 Å². The fraction of sp³-hybridized carbons (Fsp3) is 0.588. The van der Waals surface area contributed by atoms with Crippen molar-refractivity contribution < 1.29 is 4.79 Å². The number of hydrogen-bond donors (Lipinski definition) is 0. The third-order valence-corrected chi connectivity index (χ3v) is 5.88. The standard InChI is InChI=1S/C17H21NO/c1-18-9-8-17-11-13(19)6-7-15(17)16(18)10-12-4-2-3-5-14(12)17/h2-5,15-16H,6-11H2,1H3/t15-,16-,17-/m0/s1. The number of benzene rings is 1. The zero-order chi connectivity index (χ0) is 13.0. The van der Waals surface area contributed by atoms with E-state index in [1.54, 1.807) is 0 Å². The Morgan fingerprint density at radius 1 is 1.32 bits per heavy atom. The second-order valence-corrected chi connectivity index (χ2v) is 6.68. The SMILES string of the molecule is CN1CC[C@@]23CC(=O)CC[C@H]2[C@@H]1Cc1ccccc13. The molecule has 1 aromatic carbocycles. The zero-order valence-electron chi connectivity index (χ0n) is 11.6. The first-order valence-corrected chi connectivity index (χ1v) is 7.51. The topological polar surface area (TPSA) is 20.3 Å². The summed E-state index contributed by atoms with van der Waals surface area (Å²) in [6, 6.07) is 9.52. The maximum Gasteiger partial charge on any atom is 0.133 e. The van der Waals surface area contributed by atoms with Crippen molar-refractivity contribution >= 4 is 5.78 Å². The van der Waals surface area contributed by atoms with E-state index in [2.05, 4.69) is 36.2 Å². The van der Waals surface area contributed by atoms with Crippen LogP contribution in [0.25, 0.3) is 0 Å². The summed E-state index contributed by atoms with van der Waals surface area (Å²) in [5.74, 6) is 1.18. The number of likely N-dealkylation sites (N-methyl/N-ethyl adjacent to an activating group) is 1. The Kier molecular flexibility index (Phi) is 2.41. The lowest BCUT2D eigenvalue weighted by Crippen LogP contribution is -2.60. The van der Waals surface area contributed by atoms with Gasteiger partial charge >= 0.3 is 0 Å². The third kappa shape index (κ3) is 1.50. The van der Waals surface area contributed by atoms with Gasteiger partial charge in [-0.25, -0.2) is 0 Å². The summed E-state index contributed by atoms with van der Waals surface area (Å²) in [7, 11) is 2.26. The summed E-state index contributed by atoms with van der Waals surface area (Å²) < 4.78 is 0. The van der Waals surface area contributed by atoms with Crippen LogP contribution in [0.5, 0.6) is 0 Å². The molecule has 3 aliphatic rings. The van der Waals surface area contributed by atoms with E-state index in [1.807, 2.05) is 0 Å². The van der Waals surface area contributed by atoms with Gasteiger partial charge in [-0.05, 0) is 49.9 Å². The van der Waals surface area contributed by atoms with Gasteiger partial charge in [-0.2, -0.15) is 0 Å². The summed E-state index contributed by atoms with van der Waals surface area (Å²) in [4.78, 5) is 14.6. The van der Waals surface area contributed by atoms with Crippen LogP contribution in [-0.2, 0) is 16.6 Å². The molecule has 1 heterocycles. The maximum atomic E-state index is 12.1. The second-order valence-electron chi connectivity index (χ2n) is 6.68. The number of Topliss-reactive ketones (excluding diaryl/α,β-unsaturated/α-hetero) is 1. The van der Waals surface area contributed by atoms with Crippen LogP contribution in [0, 0.1) is 5.92 Å². The molecule has 0 unspecified atom stereocenters. The number of ketones is 1. The minimum atomic E-state index is 0.168. The Balaban J connectivity index is 1.91. The van der Waals surface area contributed by atoms with Crippen LogP contribution in [0.3, 0.4) is 0 Å². The largest absolute Gasteiger partial charge is 0.303 e. The first-order valence-electron chi connectivity index (χ1n) is 7.51. The Bertz CT molecular complexity index is 538. The van der Waals surface area contributed by atoms with E-state index in [1.165, 1.54) is 17.5 Å². The highest BCUT2D eigenvalue weighted by Gasteiger charge is 2.54. The molecule has 0 spiro atoms. The number of fused-ring (bicyclic) bond motifs is 1. The second kappa shape index (κ2) is 3.92. The molecule has 1 saturated heterocycles. The van der Waals surface area contributed by atoms with Gasteiger partial charge in [-0.3, -0.25) is 4.79 Å². The molecule has 2 aliphatic carbocycles. The average Bonchev–Trinajstić information content (AvgIpc) is 2.42. The molecular weight excluding hydrogens is 234 g/mol. The van der Waals surface area contributed by atoms with Gasteiger partial charge in [0.1, 0.15) is 5.78 Å². The number of rotatable bonds is 0. The van der Waals surface area contributed by atoms with Crippen LogP contribution in [-0.4, -0.2) is 30.3 Å². The van der Waals surface area contributed by atoms with Gasteiger partial charge < -0.3 is 4.90 Å². The van der Waals surface area contributed by atoms with Crippen molar-refractivity contribution in [3.8, 4) is 0 Å². The van der Waals surface area contributed by atoms with Gasteiger partial charge in [0.05, 0.1) is 0 Å². The summed E-state index contributed by atoms with van der Waals surface area (Å²) in [6.45, 7) is 1.14. The fourth-order valence-electron chi connectivity index (χ4n) is 4.98. The number of piperidine rings is 1. The predicted octanol–water partition coefficient (Wildman–Crippen LogP) is 2.55. The van der Waals surface area contributed by atoms with E-state index >= 15 is 0 Å². The Morgan fingerprint density at radius 2 is 2.16 bits per heavy atom. The molecule has 0 amide bonds. The van der Waals surface area contributed by atoms with Crippen LogP contribution in [0.2, 0.25) is 0 Å². The lowest BCUT2D eigenvalue weighted by Gasteiger charge is -2.58. The number of likely N-dealkylation sites (tertiary alicyclic amines) is 1. The Labute approximate surface area is 114 Å². The molecule has 19 heavy (non-hydrogen) atoms. The summed E-state index contributed by atoms with van der Waals surface area (Å²) in [5.41, 5.74) is 3.16. The summed E-state index contributed by atoms with van der Waals surface area (Å²) >= 11 is 0. The van der Waals surface area contributed by atoms with Crippen LogP contribution in [0.15, 0.2) is 24.3 Å². The minimum absolute atomic E-state index is 0.168. The molecule has 1 aromatic rings. The van der Waals surface area contributed by atoms with E-state index in [9.17, 15) is 4.79 Å². The van der Waals surface area contributed by atoms with Crippen molar-refractivity contribution in [2.45, 2.75) is 43.6 Å². The maximum absolute atomic E-state index is 12.1. The molecule has 2 heteroatoms.